The van der Waals surface area contributed by atoms with Crippen LogP contribution in [0.1, 0.15) is 25.3 Å². The summed E-state index contributed by atoms with van der Waals surface area (Å²) in [6.07, 6.45) is 6.00. The minimum Gasteiger partial charge on any atom is -0.308 e. The number of rotatable bonds is 5. The van der Waals surface area contributed by atoms with Gasteiger partial charge < -0.3 is 9.47 Å². The van der Waals surface area contributed by atoms with Gasteiger partial charge in [-0.3, -0.25) is 4.40 Å². The van der Waals surface area contributed by atoms with Crippen molar-refractivity contribution in [3.8, 4) is 11.3 Å². The Morgan fingerprint density at radius 1 is 0.897 bits per heavy atom. The Morgan fingerprint density at radius 3 is 2.34 bits per heavy atom. The van der Waals surface area contributed by atoms with E-state index in [0.29, 0.717) is 0 Å². The smallest absolute Gasteiger partial charge is 0.215 e. The van der Waals surface area contributed by atoms with E-state index in [9.17, 15) is 0 Å². The minimum absolute atomic E-state index is 0. The van der Waals surface area contributed by atoms with E-state index in [1.807, 2.05) is 0 Å². The molecular formula is C23H28Cl2N4. The van der Waals surface area contributed by atoms with Gasteiger partial charge >= 0.3 is 0 Å². The van der Waals surface area contributed by atoms with E-state index in [4.69, 9.17) is 4.98 Å². The molecule has 0 aliphatic carbocycles. The molecule has 0 radical (unpaired) electrons. The molecule has 29 heavy (non-hydrogen) atoms. The Kier molecular flexibility index (Phi) is 6.89. The summed E-state index contributed by atoms with van der Waals surface area (Å²) in [7, 11) is 0. The first-order valence-electron chi connectivity index (χ1n) is 10.1. The van der Waals surface area contributed by atoms with Crippen LogP contribution in [0.3, 0.4) is 0 Å². The summed E-state index contributed by atoms with van der Waals surface area (Å²) in [4.78, 5) is 7.52. The standard InChI is InChI=1S/C23H26N4.2ClH/c1-2-18-9-11-19(12-10-18)22-17-27-21-8-4-3-7-20(21)24-23(27)26(22)16-15-25-13-5-6-14-25;;/h3-4,7-12,17H,2,5-6,13-16H2,1H3;2*1H. The summed E-state index contributed by atoms with van der Waals surface area (Å²) < 4.78 is 4.65. The molecule has 154 valence electrons. The van der Waals surface area contributed by atoms with Gasteiger partial charge in [-0.25, -0.2) is 4.98 Å². The summed E-state index contributed by atoms with van der Waals surface area (Å²) in [5.41, 5.74) is 6.15. The van der Waals surface area contributed by atoms with Crippen molar-refractivity contribution >= 4 is 41.6 Å². The first-order valence-corrected chi connectivity index (χ1v) is 10.1. The number of benzene rings is 2. The van der Waals surface area contributed by atoms with Crippen LogP contribution in [0.2, 0.25) is 0 Å². The zero-order chi connectivity index (χ0) is 18.2. The van der Waals surface area contributed by atoms with Crippen LogP contribution in [-0.4, -0.2) is 38.5 Å². The van der Waals surface area contributed by atoms with Crippen LogP contribution in [0.4, 0.5) is 0 Å². The summed E-state index contributed by atoms with van der Waals surface area (Å²) in [6.45, 7) is 6.73. The molecule has 0 atom stereocenters. The lowest BCUT2D eigenvalue weighted by atomic mass is 10.1. The normalized spacial score (nSPS) is 14.2. The second-order valence-corrected chi connectivity index (χ2v) is 7.54. The highest BCUT2D eigenvalue weighted by molar-refractivity contribution is 5.85. The molecule has 4 aromatic rings. The summed E-state index contributed by atoms with van der Waals surface area (Å²) in [6, 6.07) is 17.4. The molecule has 1 saturated heterocycles. The molecule has 0 bridgehead atoms. The van der Waals surface area contributed by atoms with Crippen molar-refractivity contribution in [1.29, 1.82) is 0 Å². The van der Waals surface area contributed by atoms with E-state index >= 15 is 0 Å². The van der Waals surface area contributed by atoms with Gasteiger partial charge in [-0.2, -0.15) is 0 Å². The van der Waals surface area contributed by atoms with Crippen molar-refractivity contribution in [2.75, 3.05) is 19.6 Å². The van der Waals surface area contributed by atoms with Crippen LogP contribution in [0.5, 0.6) is 0 Å². The molecule has 5 rings (SSSR count). The summed E-state index contributed by atoms with van der Waals surface area (Å²) in [5.74, 6) is 1.05. The Morgan fingerprint density at radius 2 is 1.62 bits per heavy atom. The van der Waals surface area contributed by atoms with Gasteiger partial charge in [0.15, 0.2) is 0 Å². The van der Waals surface area contributed by atoms with Crippen LogP contribution in [-0.2, 0) is 13.0 Å². The summed E-state index contributed by atoms with van der Waals surface area (Å²) >= 11 is 0. The number of para-hydroxylation sites is 2. The highest BCUT2D eigenvalue weighted by atomic mass is 35.5. The predicted octanol–water partition coefficient (Wildman–Crippen LogP) is 5.46. The molecule has 0 spiro atoms. The number of aromatic nitrogens is 3. The third-order valence-electron chi connectivity index (χ3n) is 5.86. The van der Waals surface area contributed by atoms with Crippen LogP contribution in [0.15, 0.2) is 54.7 Å². The van der Waals surface area contributed by atoms with Crippen molar-refractivity contribution in [2.24, 2.45) is 0 Å². The van der Waals surface area contributed by atoms with Gasteiger partial charge in [0.05, 0.1) is 16.7 Å². The Balaban J connectivity index is 0.00000120. The van der Waals surface area contributed by atoms with E-state index in [1.165, 1.54) is 48.3 Å². The van der Waals surface area contributed by atoms with Gasteiger partial charge in [0, 0.05) is 19.3 Å². The molecule has 6 heteroatoms. The van der Waals surface area contributed by atoms with E-state index in [-0.39, 0.29) is 24.8 Å². The maximum Gasteiger partial charge on any atom is 0.215 e. The molecule has 0 amide bonds. The Bertz CT molecular complexity index is 1080. The Hall–Kier alpha value is -2.01. The summed E-state index contributed by atoms with van der Waals surface area (Å²) in [5, 5.41) is 0. The monoisotopic (exact) mass is 430 g/mol. The lowest BCUT2D eigenvalue weighted by molar-refractivity contribution is 0.324. The Labute approximate surface area is 184 Å². The molecule has 1 aliphatic rings. The van der Waals surface area contributed by atoms with Crippen LogP contribution in [0.25, 0.3) is 28.1 Å². The fraction of sp³-hybridized carbons (Fsp3) is 0.348. The van der Waals surface area contributed by atoms with E-state index < -0.39 is 0 Å². The van der Waals surface area contributed by atoms with Crippen LogP contribution < -0.4 is 0 Å². The van der Waals surface area contributed by atoms with Crippen molar-refractivity contribution < 1.29 is 0 Å². The second kappa shape index (κ2) is 9.21. The lowest BCUT2D eigenvalue weighted by Crippen LogP contribution is -2.24. The molecule has 1 aliphatic heterocycles. The highest BCUT2D eigenvalue weighted by Crippen LogP contribution is 2.27. The van der Waals surface area contributed by atoms with Crippen LogP contribution in [0, 0.1) is 0 Å². The molecule has 1 fully saturated rings. The zero-order valence-corrected chi connectivity index (χ0v) is 18.4. The van der Waals surface area contributed by atoms with E-state index in [0.717, 1.165) is 30.8 Å². The molecule has 4 nitrogen and oxygen atoms in total. The number of halogens is 2. The number of hydrogen-bond donors (Lipinski definition) is 0. The first-order chi connectivity index (χ1) is 13.3. The number of nitrogens with zero attached hydrogens (tertiary/aromatic N) is 4. The number of aryl methyl sites for hydroxylation is 1. The molecule has 0 unspecified atom stereocenters. The molecule has 2 aromatic heterocycles. The second-order valence-electron chi connectivity index (χ2n) is 7.54. The van der Waals surface area contributed by atoms with E-state index in [2.05, 4.69) is 75.5 Å². The molecule has 3 heterocycles. The number of fused-ring (bicyclic) bond motifs is 3. The topological polar surface area (TPSA) is 25.5 Å². The molecule has 0 saturated carbocycles. The average molecular weight is 431 g/mol. The fourth-order valence-electron chi connectivity index (χ4n) is 4.26. The molecular weight excluding hydrogens is 403 g/mol. The van der Waals surface area contributed by atoms with Crippen molar-refractivity contribution in [3.05, 3.63) is 60.3 Å². The molecule has 2 aromatic carbocycles. The highest BCUT2D eigenvalue weighted by Gasteiger charge is 2.17. The van der Waals surface area contributed by atoms with Gasteiger partial charge in [-0.1, -0.05) is 43.3 Å². The van der Waals surface area contributed by atoms with Gasteiger partial charge in [0.2, 0.25) is 5.78 Å². The lowest BCUT2D eigenvalue weighted by Gasteiger charge is -2.16. The third kappa shape index (κ3) is 4.02. The SMILES string of the molecule is CCc1ccc(-c2cn3c4ccccc4nc3n2CCN2CCCC2)cc1.Cl.Cl. The third-order valence-corrected chi connectivity index (χ3v) is 5.86. The number of hydrogen-bond acceptors (Lipinski definition) is 2. The number of imidazole rings is 2. The van der Waals surface area contributed by atoms with Crippen molar-refractivity contribution in [3.63, 3.8) is 0 Å². The van der Waals surface area contributed by atoms with Crippen molar-refractivity contribution in [1.82, 2.24) is 18.9 Å². The van der Waals surface area contributed by atoms with Gasteiger partial charge in [-0.05, 0) is 55.6 Å². The minimum atomic E-state index is 0. The molecule has 0 N–H and O–H groups in total. The van der Waals surface area contributed by atoms with Gasteiger partial charge in [-0.15, -0.1) is 24.8 Å². The van der Waals surface area contributed by atoms with Gasteiger partial charge in [0.25, 0.3) is 0 Å². The fourth-order valence-corrected chi connectivity index (χ4v) is 4.26. The van der Waals surface area contributed by atoms with Gasteiger partial charge in [0.1, 0.15) is 0 Å². The van der Waals surface area contributed by atoms with Crippen molar-refractivity contribution in [2.45, 2.75) is 32.7 Å². The first kappa shape index (κ1) is 21.7. The maximum atomic E-state index is 4.95. The zero-order valence-electron chi connectivity index (χ0n) is 16.8. The maximum absolute atomic E-state index is 4.95. The average Bonchev–Trinajstić information content (AvgIpc) is 3.42. The van der Waals surface area contributed by atoms with E-state index in [1.54, 1.807) is 0 Å². The quantitative estimate of drug-likeness (QED) is 0.420. The largest absolute Gasteiger partial charge is 0.308 e. The number of likely N-dealkylation sites (tertiary alicyclic amines) is 1. The predicted molar refractivity (Wildman–Crippen MR) is 126 cm³/mol. The van der Waals surface area contributed by atoms with Crippen LogP contribution >= 0.6 is 24.8 Å².